The average Bonchev–Trinajstić information content (AvgIpc) is 2.51. The van der Waals surface area contributed by atoms with Gasteiger partial charge >= 0.3 is 11.9 Å². The first-order chi connectivity index (χ1) is 11.6. The van der Waals surface area contributed by atoms with Crippen LogP contribution in [-0.2, 0) is 28.5 Å². The Balaban J connectivity index is 3.03. The summed E-state index contributed by atoms with van der Waals surface area (Å²) >= 11 is 0. The van der Waals surface area contributed by atoms with E-state index in [-0.39, 0.29) is 12.8 Å². The third kappa shape index (κ3) is 5.03. The van der Waals surface area contributed by atoms with E-state index < -0.39 is 41.5 Å². The quantitative estimate of drug-likeness (QED) is 0.524. The van der Waals surface area contributed by atoms with Gasteiger partial charge in [-0.15, -0.1) is 6.58 Å². The summed E-state index contributed by atoms with van der Waals surface area (Å²) in [6.07, 6.45) is 0.708. The van der Waals surface area contributed by atoms with Crippen LogP contribution in [0.15, 0.2) is 12.7 Å². The molecular formula is C18H30O7. The van der Waals surface area contributed by atoms with Crippen molar-refractivity contribution in [1.82, 2.24) is 0 Å². The highest BCUT2D eigenvalue weighted by molar-refractivity contribution is 5.69. The number of esters is 2. The van der Waals surface area contributed by atoms with Crippen molar-refractivity contribution in [2.24, 2.45) is 5.41 Å². The van der Waals surface area contributed by atoms with Gasteiger partial charge in [0.15, 0.2) is 5.79 Å². The molecule has 144 valence electrons. The molecule has 0 amide bonds. The lowest BCUT2D eigenvalue weighted by atomic mass is 9.71. The van der Waals surface area contributed by atoms with Crippen LogP contribution in [0.1, 0.15) is 46.5 Å². The van der Waals surface area contributed by atoms with Crippen molar-refractivity contribution in [2.75, 3.05) is 14.2 Å². The minimum absolute atomic E-state index is 0.126. The second-order valence-electron chi connectivity index (χ2n) is 6.91. The highest BCUT2D eigenvalue weighted by Crippen LogP contribution is 2.49. The molecule has 25 heavy (non-hydrogen) atoms. The maximum absolute atomic E-state index is 11.5. The van der Waals surface area contributed by atoms with Gasteiger partial charge in [0.25, 0.3) is 0 Å². The van der Waals surface area contributed by atoms with Gasteiger partial charge in [-0.1, -0.05) is 19.9 Å². The number of rotatable bonds is 8. The van der Waals surface area contributed by atoms with Crippen LogP contribution in [0.25, 0.3) is 0 Å². The first kappa shape index (κ1) is 21.6. The van der Waals surface area contributed by atoms with Crippen LogP contribution in [0, 0.1) is 5.41 Å². The molecule has 0 aromatic rings. The Morgan fingerprint density at radius 2 is 2.04 bits per heavy atom. The average molecular weight is 358 g/mol. The molecule has 0 spiro atoms. The molecule has 1 heterocycles. The van der Waals surface area contributed by atoms with E-state index in [4.69, 9.17) is 14.2 Å². The standard InChI is InChI=1S/C18H30O7/c1-7-8-18(23-6)17(3,4)15(24-12(2)19)11-14(25-18)9-13(20)10-16(21)22-5/h7,13-15,20H,1,8-11H2,2-6H3/t13-,14-,15+,18+/m1/s1. The van der Waals surface area contributed by atoms with Crippen LogP contribution in [0.3, 0.4) is 0 Å². The zero-order valence-electron chi connectivity index (χ0n) is 15.7. The molecule has 0 aromatic carbocycles. The van der Waals surface area contributed by atoms with Gasteiger partial charge in [-0.05, 0) is 0 Å². The number of hydrogen-bond donors (Lipinski definition) is 1. The van der Waals surface area contributed by atoms with Gasteiger partial charge in [0.1, 0.15) is 6.10 Å². The van der Waals surface area contributed by atoms with Gasteiger partial charge < -0.3 is 24.1 Å². The minimum Gasteiger partial charge on any atom is -0.469 e. The first-order valence-corrected chi connectivity index (χ1v) is 8.37. The number of aliphatic hydroxyl groups excluding tert-OH is 1. The van der Waals surface area contributed by atoms with E-state index >= 15 is 0 Å². The molecule has 0 aromatic heterocycles. The van der Waals surface area contributed by atoms with E-state index in [1.165, 1.54) is 21.1 Å². The Morgan fingerprint density at radius 3 is 2.52 bits per heavy atom. The Kier molecular flexibility index (Phi) is 7.59. The van der Waals surface area contributed by atoms with Crippen molar-refractivity contribution in [3.63, 3.8) is 0 Å². The normalized spacial score (nSPS) is 29.5. The molecule has 1 saturated heterocycles. The van der Waals surface area contributed by atoms with E-state index in [1.54, 1.807) is 6.08 Å². The van der Waals surface area contributed by atoms with E-state index in [0.29, 0.717) is 12.8 Å². The fraction of sp³-hybridized carbons (Fsp3) is 0.778. The maximum atomic E-state index is 11.5. The maximum Gasteiger partial charge on any atom is 0.308 e. The van der Waals surface area contributed by atoms with Gasteiger partial charge in [0.2, 0.25) is 0 Å². The molecule has 0 saturated carbocycles. The highest BCUT2D eigenvalue weighted by atomic mass is 16.7. The molecule has 1 aliphatic rings. The Morgan fingerprint density at radius 1 is 1.40 bits per heavy atom. The van der Waals surface area contributed by atoms with Crippen molar-refractivity contribution >= 4 is 11.9 Å². The lowest BCUT2D eigenvalue weighted by molar-refractivity contribution is -0.347. The number of hydrogen-bond acceptors (Lipinski definition) is 7. The molecule has 7 nitrogen and oxygen atoms in total. The van der Waals surface area contributed by atoms with Crippen LogP contribution in [-0.4, -0.2) is 55.4 Å². The Bertz CT molecular complexity index is 488. The van der Waals surface area contributed by atoms with E-state index in [1.807, 2.05) is 13.8 Å². The van der Waals surface area contributed by atoms with E-state index in [0.717, 1.165) is 0 Å². The van der Waals surface area contributed by atoms with Gasteiger partial charge in [-0.25, -0.2) is 0 Å². The zero-order chi connectivity index (χ0) is 19.3. The molecule has 4 atom stereocenters. The summed E-state index contributed by atoms with van der Waals surface area (Å²) in [6.45, 7) is 8.94. The van der Waals surface area contributed by atoms with Crippen molar-refractivity contribution in [1.29, 1.82) is 0 Å². The zero-order valence-corrected chi connectivity index (χ0v) is 15.7. The summed E-state index contributed by atoms with van der Waals surface area (Å²) in [5.74, 6) is -1.94. The van der Waals surface area contributed by atoms with Crippen LogP contribution >= 0.6 is 0 Å². The topological polar surface area (TPSA) is 91.3 Å². The van der Waals surface area contributed by atoms with Gasteiger partial charge in [0, 0.05) is 33.3 Å². The SMILES string of the molecule is C=CC[C@]1(OC)O[C@H](C[C@@H](O)CC(=O)OC)C[C@H](OC(C)=O)C1(C)C. The molecular weight excluding hydrogens is 328 g/mol. The van der Waals surface area contributed by atoms with Gasteiger partial charge in [-0.2, -0.15) is 0 Å². The first-order valence-electron chi connectivity index (χ1n) is 8.37. The molecule has 0 unspecified atom stereocenters. The lowest BCUT2D eigenvalue weighted by Gasteiger charge is -2.54. The van der Waals surface area contributed by atoms with E-state index in [2.05, 4.69) is 11.3 Å². The fourth-order valence-corrected chi connectivity index (χ4v) is 3.35. The Labute approximate surface area is 149 Å². The largest absolute Gasteiger partial charge is 0.469 e. The number of methoxy groups -OCH3 is 2. The number of aliphatic hydroxyl groups is 1. The molecule has 1 fully saturated rings. The number of carbonyl (C=O) groups excluding carboxylic acids is 2. The van der Waals surface area contributed by atoms with Crippen molar-refractivity contribution < 1.29 is 33.6 Å². The van der Waals surface area contributed by atoms with Gasteiger partial charge in [-0.3, -0.25) is 9.59 Å². The molecule has 1 rings (SSSR count). The molecule has 0 bridgehead atoms. The summed E-state index contributed by atoms with van der Waals surface area (Å²) in [6, 6.07) is 0. The highest BCUT2D eigenvalue weighted by Gasteiger charge is 2.57. The molecule has 0 aliphatic carbocycles. The Hall–Kier alpha value is -1.44. The summed E-state index contributed by atoms with van der Waals surface area (Å²) in [7, 11) is 2.80. The molecule has 0 radical (unpaired) electrons. The summed E-state index contributed by atoms with van der Waals surface area (Å²) in [5, 5.41) is 10.1. The van der Waals surface area contributed by atoms with Crippen LogP contribution in [0.5, 0.6) is 0 Å². The van der Waals surface area contributed by atoms with E-state index in [9.17, 15) is 14.7 Å². The minimum atomic E-state index is -1.05. The molecule has 1 aliphatic heterocycles. The molecule has 7 heteroatoms. The monoisotopic (exact) mass is 358 g/mol. The number of carbonyl (C=O) groups is 2. The fourth-order valence-electron chi connectivity index (χ4n) is 3.35. The summed E-state index contributed by atoms with van der Waals surface area (Å²) in [5.41, 5.74) is -0.634. The van der Waals surface area contributed by atoms with Crippen LogP contribution in [0.4, 0.5) is 0 Å². The summed E-state index contributed by atoms with van der Waals surface area (Å²) in [4.78, 5) is 22.9. The number of ether oxygens (including phenoxy) is 4. The predicted octanol–water partition coefficient (Wildman–Crippen LogP) is 1.97. The smallest absolute Gasteiger partial charge is 0.308 e. The predicted molar refractivity (Wildman–Crippen MR) is 90.6 cm³/mol. The summed E-state index contributed by atoms with van der Waals surface area (Å²) < 4.78 is 22.0. The van der Waals surface area contributed by atoms with Gasteiger partial charge in [0.05, 0.1) is 31.2 Å². The molecule has 1 N–H and O–H groups in total. The second kappa shape index (κ2) is 8.78. The van der Waals surface area contributed by atoms with Crippen LogP contribution < -0.4 is 0 Å². The van der Waals surface area contributed by atoms with Crippen molar-refractivity contribution in [2.45, 2.75) is 70.6 Å². The third-order valence-corrected chi connectivity index (χ3v) is 4.84. The van der Waals surface area contributed by atoms with Crippen molar-refractivity contribution in [3.8, 4) is 0 Å². The van der Waals surface area contributed by atoms with Crippen molar-refractivity contribution in [3.05, 3.63) is 12.7 Å². The third-order valence-electron chi connectivity index (χ3n) is 4.84. The lowest BCUT2D eigenvalue weighted by Crippen LogP contribution is -2.61. The van der Waals surface area contributed by atoms with Crippen LogP contribution in [0.2, 0.25) is 0 Å². The second-order valence-corrected chi connectivity index (χ2v) is 6.91.